The molecule has 0 atom stereocenters. The molecule has 5 nitrogen and oxygen atoms in total. The molecule has 0 unspecified atom stereocenters. The van der Waals surface area contributed by atoms with E-state index in [0.29, 0.717) is 13.1 Å². The van der Waals surface area contributed by atoms with Crippen LogP contribution < -0.4 is 0 Å². The first-order valence-electron chi connectivity index (χ1n) is 6.77. The van der Waals surface area contributed by atoms with Gasteiger partial charge in [-0.05, 0) is 29.9 Å². The minimum absolute atomic E-state index is 0.150. The molecule has 0 bridgehead atoms. The van der Waals surface area contributed by atoms with E-state index in [2.05, 4.69) is 4.74 Å². The summed E-state index contributed by atoms with van der Waals surface area (Å²) < 4.78 is 31.2. The molecule has 0 radical (unpaired) electrons. The lowest BCUT2D eigenvalue weighted by atomic mass is 10.2. The second-order valence-electron chi connectivity index (χ2n) is 4.77. The Morgan fingerprint density at radius 2 is 1.95 bits per heavy atom. The van der Waals surface area contributed by atoms with Crippen molar-refractivity contribution in [2.24, 2.45) is 0 Å². The number of carbonyl (C=O) groups excluding carboxylic acids is 1. The molecule has 0 N–H and O–H groups in total. The highest BCUT2D eigenvalue weighted by molar-refractivity contribution is 7.99. The summed E-state index contributed by atoms with van der Waals surface area (Å²) in [4.78, 5) is 11.5. The number of sulfonamides is 1. The van der Waals surface area contributed by atoms with Crippen LogP contribution in [0.3, 0.4) is 0 Å². The number of rotatable bonds is 4. The third kappa shape index (κ3) is 4.21. The van der Waals surface area contributed by atoms with Crippen LogP contribution >= 0.6 is 11.8 Å². The van der Waals surface area contributed by atoms with E-state index in [-0.39, 0.29) is 17.3 Å². The summed E-state index contributed by atoms with van der Waals surface area (Å²) in [7, 11) is -2.10. The van der Waals surface area contributed by atoms with E-state index in [0.717, 1.165) is 23.5 Å². The maximum absolute atomic E-state index is 12.6. The molecule has 116 valence electrons. The van der Waals surface area contributed by atoms with Gasteiger partial charge in [0.05, 0.1) is 18.4 Å². The molecule has 0 aromatic heterocycles. The van der Waals surface area contributed by atoms with Crippen LogP contribution in [0.5, 0.6) is 0 Å². The van der Waals surface area contributed by atoms with Crippen molar-refractivity contribution in [3.8, 4) is 0 Å². The second-order valence-corrected chi connectivity index (χ2v) is 7.93. The Bertz CT molecular complexity index is 575. The first-order valence-corrected chi connectivity index (χ1v) is 9.37. The van der Waals surface area contributed by atoms with Crippen molar-refractivity contribution in [1.29, 1.82) is 0 Å². The maximum atomic E-state index is 12.6. The van der Waals surface area contributed by atoms with Gasteiger partial charge in [0, 0.05) is 18.8 Å². The SMILES string of the molecule is COC(=O)Cc1ccc(S(=O)(=O)N2CCCSCC2)cc1. The van der Waals surface area contributed by atoms with Gasteiger partial charge < -0.3 is 4.74 Å². The highest BCUT2D eigenvalue weighted by atomic mass is 32.2. The predicted molar refractivity (Wildman–Crippen MR) is 82.9 cm³/mol. The third-order valence-corrected chi connectivity index (χ3v) is 6.28. The Hall–Kier alpha value is -1.05. The van der Waals surface area contributed by atoms with Crippen molar-refractivity contribution in [2.45, 2.75) is 17.7 Å². The molecule has 21 heavy (non-hydrogen) atoms. The van der Waals surface area contributed by atoms with Crippen LogP contribution in [-0.2, 0) is 26.0 Å². The van der Waals surface area contributed by atoms with E-state index in [1.165, 1.54) is 7.11 Å². The molecule has 0 amide bonds. The zero-order chi connectivity index (χ0) is 15.3. The number of hydrogen-bond donors (Lipinski definition) is 0. The van der Waals surface area contributed by atoms with Crippen LogP contribution in [0.25, 0.3) is 0 Å². The summed E-state index contributed by atoms with van der Waals surface area (Å²) in [6.07, 6.45) is 1.03. The molecule has 7 heteroatoms. The van der Waals surface area contributed by atoms with Crippen LogP contribution in [0.2, 0.25) is 0 Å². The third-order valence-electron chi connectivity index (χ3n) is 3.32. The summed E-state index contributed by atoms with van der Waals surface area (Å²) in [6.45, 7) is 1.12. The molecule has 2 rings (SSSR count). The summed E-state index contributed by atoms with van der Waals surface area (Å²) in [5, 5.41) is 0. The normalized spacial score (nSPS) is 17.2. The van der Waals surface area contributed by atoms with E-state index in [9.17, 15) is 13.2 Å². The van der Waals surface area contributed by atoms with Gasteiger partial charge in [-0.3, -0.25) is 4.79 Å². The molecule has 0 aliphatic carbocycles. The van der Waals surface area contributed by atoms with Gasteiger partial charge in [0.1, 0.15) is 0 Å². The number of carbonyl (C=O) groups is 1. The van der Waals surface area contributed by atoms with Gasteiger partial charge in [0.25, 0.3) is 0 Å². The lowest BCUT2D eigenvalue weighted by molar-refractivity contribution is -0.139. The maximum Gasteiger partial charge on any atom is 0.309 e. The Balaban J connectivity index is 2.14. The molecule has 1 aromatic carbocycles. The standard InChI is InChI=1S/C14H19NO4S2/c1-19-14(16)11-12-3-5-13(6-4-12)21(17,18)15-7-2-9-20-10-8-15/h3-6H,2,7-11H2,1H3. The van der Waals surface area contributed by atoms with Crippen LogP contribution in [0.1, 0.15) is 12.0 Å². The van der Waals surface area contributed by atoms with Gasteiger partial charge >= 0.3 is 5.97 Å². The predicted octanol–water partition coefficient (Wildman–Crippen LogP) is 1.53. The van der Waals surface area contributed by atoms with Crippen LogP contribution in [0.4, 0.5) is 0 Å². The summed E-state index contributed by atoms with van der Waals surface area (Å²) in [6, 6.07) is 6.45. The number of hydrogen-bond acceptors (Lipinski definition) is 5. The van der Waals surface area contributed by atoms with Crippen LogP contribution in [0.15, 0.2) is 29.2 Å². The topological polar surface area (TPSA) is 63.7 Å². The van der Waals surface area contributed by atoms with Crippen molar-refractivity contribution in [1.82, 2.24) is 4.31 Å². The van der Waals surface area contributed by atoms with E-state index < -0.39 is 10.0 Å². The first kappa shape index (κ1) is 16.3. The smallest absolute Gasteiger partial charge is 0.309 e. The Kier molecular flexibility index (Phi) is 5.66. The summed E-state index contributed by atoms with van der Waals surface area (Å²) in [5.74, 6) is 1.50. The van der Waals surface area contributed by atoms with Gasteiger partial charge in [0.15, 0.2) is 0 Å². The largest absolute Gasteiger partial charge is 0.469 e. The Morgan fingerprint density at radius 1 is 1.24 bits per heavy atom. The van der Waals surface area contributed by atoms with Gasteiger partial charge in [-0.1, -0.05) is 12.1 Å². The van der Waals surface area contributed by atoms with Gasteiger partial charge in [0.2, 0.25) is 10.0 Å². The highest BCUT2D eigenvalue weighted by Gasteiger charge is 2.25. The fourth-order valence-electron chi connectivity index (χ4n) is 2.13. The Morgan fingerprint density at radius 3 is 2.62 bits per heavy atom. The molecule has 1 saturated heterocycles. The molecule has 0 spiro atoms. The first-order chi connectivity index (χ1) is 10.0. The van der Waals surface area contributed by atoms with E-state index in [1.807, 2.05) is 0 Å². The van der Waals surface area contributed by atoms with Crippen molar-refractivity contribution in [3.05, 3.63) is 29.8 Å². The molecular formula is C14H19NO4S2. The lowest BCUT2D eigenvalue weighted by Crippen LogP contribution is -2.33. The van der Waals surface area contributed by atoms with Crippen LogP contribution in [-0.4, -0.2) is 50.4 Å². The van der Waals surface area contributed by atoms with Crippen molar-refractivity contribution in [3.63, 3.8) is 0 Å². The van der Waals surface area contributed by atoms with E-state index >= 15 is 0 Å². The molecule has 0 saturated carbocycles. The zero-order valence-electron chi connectivity index (χ0n) is 11.9. The highest BCUT2D eigenvalue weighted by Crippen LogP contribution is 2.20. The average molecular weight is 329 g/mol. The van der Waals surface area contributed by atoms with Crippen molar-refractivity contribution in [2.75, 3.05) is 31.7 Å². The van der Waals surface area contributed by atoms with Gasteiger partial charge in [-0.15, -0.1) is 0 Å². The molecule has 1 aliphatic rings. The van der Waals surface area contributed by atoms with E-state index in [1.54, 1.807) is 40.3 Å². The second kappa shape index (κ2) is 7.29. The number of ether oxygens (including phenoxy) is 1. The quantitative estimate of drug-likeness (QED) is 0.784. The lowest BCUT2D eigenvalue weighted by Gasteiger charge is -2.19. The van der Waals surface area contributed by atoms with Gasteiger partial charge in [-0.2, -0.15) is 16.1 Å². The molecule has 1 heterocycles. The zero-order valence-corrected chi connectivity index (χ0v) is 13.6. The van der Waals surface area contributed by atoms with Crippen molar-refractivity contribution < 1.29 is 17.9 Å². The number of thioether (sulfide) groups is 1. The number of nitrogens with zero attached hydrogens (tertiary/aromatic N) is 1. The number of methoxy groups -OCH3 is 1. The van der Waals surface area contributed by atoms with Gasteiger partial charge in [-0.25, -0.2) is 8.42 Å². The molecule has 1 aromatic rings. The van der Waals surface area contributed by atoms with E-state index in [4.69, 9.17) is 0 Å². The van der Waals surface area contributed by atoms with Crippen molar-refractivity contribution >= 4 is 27.8 Å². The molecule has 1 fully saturated rings. The fourth-order valence-corrected chi connectivity index (χ4v) is 4.61. The molecular weight excluding hydrogens is 310 g/mol. The average Bonchev–Trinajstić information content (AvgIpc) is 2.77. The number of esters is 1. The molecule has 1 aliphatic heterocycles. The minimum Gasteiger partial charge on any atom is -0.469 e. The summed E-state index contributed by atoms with van der Waals surface area (Å²) in [5.41, 5.74) is 0.743. The monoisotopic (exact) mass is 329 g/mol. The fraction of sp³-hybridized carbons (Fsp3) is 0.500. The summed E-state index contributed by atoms with van der Waals surface area (Å²) >= 11 is 1.79. The Labute approximate surface area is 129 Å². The van der Waals surface area contributed by atoms with Crippen LogP contribution in [0, 0.1) is 0 Å². The minimum atomic E-state index is -3.43. The number of benzene rings is 1.